The summed E-state index contributed by atoms with van der Waals surface area (Å²) < 4.78 is 24.6. The number of aryl methyl sites for hydroxylation is 1. The molecule has 0 aliphatic heterocycles. The van der Waals surface area contributed by atoms with Gasteiger partial charge >= 0.3 is 0 Å². The Balaban J connectivity index is 1.65. The number of carbonyl (C=O) groups is 1. The predicted molar refractivity (Wildman–Crippen MR) is 101 cm³/mol. The summed E-state index contributed by atoms with van der Waals surface area (Å²) in [5.41, 5.74) is 1.39. The smallest absolute Gasteiger partial charge is 0.255 e. The summed E-state index contributed by atoms with van der Waals surface area (Å²) in [6.45, 7) is 2.09. The molecule has 0 radical (unpaired) electrons. The van der Waals surface area contributed by atoms with E-state index in [0.717, 1.165) is 17.0 Å². The van der Waals surface area contributed by atoms with Crippen LogP contribution >= 0.6 is 11.6 Å². The topological polar surface area (TPSA) is 64.4 Å². The lowest BCUT2D eigenvalue weighted by Crippen LogP contribution is -2.27. The Bertz CT molecular complexity index is 934. The minimum Gasteiger partial charge on any atom is -0.497 e. The average Bonchev–Trinajstić information content (AvgIpc) is 3.02. The Labute approximate surface area is 161 Å². The van der Waals surface area contributed by atoms with E-state index in [1.807, 2.05) is 31.2 Å². The van der Waals surface area contributed by atoms with Crippen molar-refractivity contribution in [1.82, 2.24) is 10.3 Å². The van der Waals surface area contributed by atoms with E-state index in [2.05, 4.69) is 10.3 Å². The van der Waals surface area contributed by atoms with Gasteiger partial charge in [-0.25, -0.2) is 9.37 Å². The largest absolute Gasteiger partial charge is 0.497 e. The molecule has 3 rings (SSSR count). The Hall–Kier alpha value is -2.86. The minimum absolute atomic E-state index is 0.0758. The molecule has 27 heavy (non-hydrogen) atoms. The van der Waals surface area contributed by atoms with E-state index in [-0.39, 0.29) is 17.1 Å². The highest BCUT2D eigenvalue weighted by atomic mass is 35.5. The van der Waals surface area contributed by atoms with Gasteiger partial charge in [-0.05, 0) is 43.3 Å². The molecule has 1 heterocycles. The number of carbonyl (C=O) groups excluding carboxylic acids is 1. The van der Waals surface area contributed by atoms with Crippen molar-refractivity contribution < 1.29 is 18.3 Å². The van der Waals surface area contributed by atoms with Crippen LogP contribution in [0.1, 0.15) is 21.8 Å². The van der Waals surface area contributed by atoms with E-state index in [4.69, 9.17) is 20.8 Å². The molecular formula is C20H18ClFN2O3. The molecular weight excluding hydrogens is 371 g/mol. The number of hydrogen-bond donors (Lipinski definition) is 1. The van der Waals surface area contributed by atoms with Crippen LogP contribution in [0.5, 0.6) is 5.75 Å². The number of hydrogen-bond acceptors (Lipinski definition) is 4. The number of aromatic nitrogens is 1. The lowest BCUT2D eigenvalue weighted by Gasteiger charge is -2.07. The fourth-order valence-electron chi connectivity index (χ4n) is 2.61. The quantitative estimate of drug-likeness (QED) is 0.678. The summed E-state index contributed by atoms with van der Waals surface area (Å²) in [5.74, 6) is 0.693. The van der Waals surface area contributed by atoms with E-state index in [0.29, 0.717) is 18.1 Å². The molecule has 3 aromatic rings. The molecule has 0 fully saturated rings. The highest BCUT2D eigenvalue weighted by Gasteiger charge is 2.16. The first kappa shape index (κ1) is 18.9. The number of amides is 1. The van der Waals surface area contributed by atoms with Crippen LogP contribution in [0.4, 0.5) is 4.39 Å². The molecule has 1 amide bonds. The van der Waals surface area contributed by atoms with Crippen LogP contribution in [0.2, 0.25) is 5.02 Å². The second kappa shape index (κ2) is 8.22. The summed E-state index contributed by atoms with van der Waals surface area (Å²) in [5, 5.41) is 2.73. The van der Waals surface area contributed by atoms with Gasteiger partial charge in [0.05, 0.1) is 23.4 Å². The number of ether oxygens (including phenoxy) is 1. The number of benzene rings is 2. The van der Waals surface area contributed by atoms with Crippen molar-refractivity contribution in [2.24, 2.45) is 0 Å². The maximum absolute atomic E-state index is 13.8. The van der Waals surface area contributed by atoms with Crippen molar-refractivity contribution >= 4 is 17.5 Å². The monoisotopic (exact) mass is 388 g/mol. The standard InChI is InChI=1S/C20H18ClFN2O3/c1-12-17(24-20(27-12)13-6-8-14(26-2)9-7-13)10-11-23-19(25)18-15(21)4-3-5-16(18)22/h3-9H,10-11H2,1-2H3,(H,23,25). The van der Waals surface area contributed by atoms with Crippen molar-refractivity contribution in [1.29, 1.82) is 0 Å². The van der Waals surface area contributed by atoms with Gasteiger partial charge in [-0.15, -0.1) is 0 Å². The molecule has 0 saturated carbocycles. The maximum atomic E-state index is 13.8. The minimum atomic E-state index is -0.653. The van der Waals surface area contributed by atoms with Crippen molar-refractivity contribution in [2.45, 2.75) is 13.3 Å². The average molecular weight is 389 g/mol. The number of nitrogens with one attached hydrogen (secondary N) is 1. The molecule has 0 aliphatic rings. The van der Waals surface area contributed by atoms with Crippen LogP contribution in [0, 0.1) is 12.7 Å². The molecule has 1 N–H and O–H groups in total. The molecule has 0 spiro atoms. The van der Waals surface area contributed by atoms with Gasteiger partial charge in [-0.2, -0.15) is 0 Å². The highest BCUT2D eigenvalue weighted by Crippen LogP contribution is 2.24. The summed E-state index contributed by atoms with van der Waals surface area (Å²) in [7, 11) is 1.60. The summed E-state index contributed by atoms with van der Waals surface area (Å²) in [6, 6.07) is 11.5. The van der Waals surface area contributed by atoms with Crippen molar-refractivity contribution in [2.75, 3.05) is 13.7 Å². The predicted octanol–water partition coefficient (Wildman–Crippen LogP) is 4.42. The highest BCUT2D eigenvalue weighted by molar-refractivity contribution is 6.33. The Kier molecular flexibility index (Phi) is 5.76. The first-order valence-corrected chi connectivity index (χ1v) is 8.70. The van der Waals surface area contributed by atoms with E-state index in [1.54, 1.807) is 7.11 Å². The second-order valence-electron chi connectivity index (χ2n) is 5.85. The lowest BCUT2D eigenvalue weighted by molar-refractivity contribution is 0.0950. The summed E-state index contributed by atoms with van der Waals surface area (Å²) in [6.07, 6.45) is 0.448. The van der Waals surface area contributed by atoms with Gasteiger partial charge in [-0.1, -0.05) is 17.7 Å². The van der Waals surface area contributed by atoms with E-state index >= 15 is 0 Å². The van der Waals surface area contributed by atoms with Crippen LogP contribution in [-0.2, 0) is 6.42 Å². The van der Waals surface area contributed by atoms with Gasteiger partial charge in [0, 0.05) is 18.5 Å². The zero-order valence-electron chi connectivity index (χ0n) is 14.9. The Morgan fingerprint density at radius 3 is 2.67 bits per heavy atom. The SMILES string of the molecule is COc1ccc(-c2nc(CCNC(=O)c3c(F)cccc3Cl)c(C)o2)cc1. The van der Waals surface area contributed by atoms with Crippen LogP contribution < -0.4 is 10.1 Å². The number of halogens is 2. The molecule has 0 saturated heterocycles. The molecule has 0 bridgehead atoms. The van der Waals surface area contributed by atoms with Crippen molar-refractivity contribution in [3.63, 3.8) is 0 Å². The second-order valence-corrected chi connectivity index (χ2v) is 6.26. The molecule has 0 atom stereocenters. The van der Waals surface area contributed by atoms with Crippen molar-refractivity contribution in [3.8, 4) is 17.2 Å². The maximum Gasteiger partial charge on any atom is 0.255 e. The fourth-order valence-corrected chi connectivity index (χ4v) is 2.86. The molecule has 5 nitrogen and oxygen atoms in total. The third-order valence-corrected chi connectivity index (χ3v) is 4.38. The summed E-state index contributed by atoms with van der Waals surface area (Å²) >= 11 is 5.90. The summed E-state index contributed by atoms with van der Waals surface area (Å²) in [4.78, 5) is 16.6. The van der Waals surface area contributed by atoms with Crippen LogP contribution in [0.3, 0.4) is 0 Å². The van der Waals surface area contributed by atoms with Crippen LogP contribution in [-0.4, -0.2) is 24.5 Å². The van der Waals surface area contributed by atoms with Gasteiger partial charge in [0.15, 0.2) is 0 Å². The third-order valence-electron chi connectivity index (χ3n) is 4.07. The molecule has 1 aromatic heterocycles. The van der Waals surface area contributed by atoms with Crippen LogP contribution in [0.25, 0.3) is 11.5 Å². The first-order chi connectivity index (χ1) is 13.0. The third kappa shape index (κ3) is 4.28. The van der Waals surface area contributed by atoms with Crippen molar-refractivity contribution in [3.05, 3.63) is 70.3 Å². The van der Waals surface area contributed by atoms with E-state index in [1.165, 1.54) is 18.2 Å². The number of nitrogens with zero attached hydrogens (tertiary/aromatic N) is 1. The molecule has 7 heteroatoms. The molecule has 0 aliphatic carbocycles. The number of oxazole rings is 1. The first-order valence-electron chi connectivity index (χ1n) is 8.32. The lowest BCUT2D eigenvalue weighted by atomic mass is 10.2. The zero-order chi connectivity index (χ0) is 19.4. The molecule has 2 aromatic carbocycles. The van der Waals surface area contributed by atoms with E-state index in [9.17, 15) is 9.18 Å². The number of methoxy groups -OCH3 is 1. The molecule has 140 valence electrons. The molecule has 0 unspecified atom stereocenters. The Morgan fingerprint density at radius 2 is 2.00 bits per heavy atom. The van der Waals surface area contributed by atoms with Gasteiger partial charge in [0.25, 0.3) is 5.91 Å². The van der Waals surface area contributed by atoms with Gasteiger partial charge in [-0.3, -0.25) is 4.79 Å². The van der Waals surface area contributed by atoms with E-state index < -0.39 is 11.7 Å². The van der Waals surface area contributed by atoms with Gasteiger partial charge in [0.2, 0.25) is 5.89 Å². The zero-order valence-corrected chi connectivity index (χ0v) is 15.6. The van der Waals surface area contributed by atoms with Gasteiger partial charge in [0.1, 0.15) is 17.3 Å². The van der Waals surface area contributed by atoms with Gasteiger partial charge < -0.3 is 14.5 Å². The Morgan fingerprint density at radius 1 is 1.26 bits per heavy atom. The number of rotatable bonds is 6. The normalized spacial score (nSPS) is 10.7. The fraction of sp³-hybridized carbons (Fsp3) is 0.200. The van der Waals surface area contributed by atoms with Crippen LogP contribution in [0.15, 0.2) is 46.9 Å².